The first-order valence-corrected chi connectivity index (χ1v) is 9.11. The molecule has 0 saturated carbocycles. The Kier molecular flexibility index (Phi) is 5.69. The van der Waals surface area contributed by atoms with Gasteiger partial charge in [0.25, 0.3) is 0 Å². The maximum Gasteiger partial charge on any atom is 0.240 e. The Balaban J connectivity index is 2.84. The summed E-state index contributed by atoms with van der Waals surface area (Å²) in [4.78, 5) is 0.105. The smallest absolute Gasteiger partial charge is 0.240 e. The molecule has 1 aromatic rings. The number of rotatable bonds is 6. The lowest BCUT2D eigenvalue weighted by molar-refractivity contribution is 0.0908. The van der Waals surface area contributed by atoms with Crippen LogP contribution in [0.2, 0.25) is 0 Å². The van der Waals surface area contributed by atoms with Crippen LogP contribution in [-0.4, -0.2) is 37.7 Å². The quantitative estimate of drug-likeness (QED) is 0.660. The molecule has 1 atom stereocenters. The second-order valence-corrected chi connectivity index (χ2v) is 7.93. The number of nitrogens with one attached hydrogen (secondary N) is 1. The van der Waals surface area contributed by atoms with Gasteiger partial charge >= 0.3 is 0 Å². The van der Waals surface area contributed by atoms with Crippen LogP contribution in [0.25, 0.3) is 0 Å². The highest BCUT2D eigenvalue weighted by atomic mass is 79.9. The summed E-state index contributed by atoms with van der Waals surface area (Å²) in [5.74, 6) is 0.445. The summed E-state index contributed by atoms with van der Waals surface area (Å²) in [6.07, 6.45) is 1.85. The number of hydrogen-bond donors (Lipinski definition) is 3. The monoisotopic (exact) mass is 368 g/mol. The molecule has 0 amide bonds. The molecule has 0 bridgehead atoms. The maximum absolute atomic E-state index is 12.1. The number of hydrogen-bond acceptors (Lipinski definition) is 5. The summed E-state index contributed by atoms with van der Waals surface area (Å²) in [6.45, 7) is 1.54. The minimum Gasteiger partial charge on any atom is -0.398 e. The molecule has 0 heterocycles. The second-order valence-electron chi connectivity index (χ2n) is 4.44. The normalized spacial score (nSPS) is 15.2. The van der Waals surface area contributed by atoms with Gasteiger partial charge in [-0.15, -0.1) is 0 Å². The van der Waals surface area contributed by atoms with Crippen LogP contribution in [0.3, 0.4) is 0 Å². The van der Waals surface area contributed by atoms with Crippen LogP contribution < -0.4 is 10.5 Å². The third-order valence-corrected chi connectivity index (χ3v) is 5.38. The number of nitrogen functional groups attached to an aromatic ring is 1. The molecule has 1 unspecified atom stereocenters. The van der Waals surface area contributed by atoms with Crippen LogP contribution in [0.1, 0.15) is 6.92 Å². The average molecular weight is 369 g/mol. The fraction of sp³-hybridized carbons (Fsp3) is 0.455. The minimum absolute atomic E-state index is 0.0435. The molecule has 19 heavy (non-hydrogen) atoms. The van der Waals surface area contributed by atoms with Crippen molar-refractivity contribution in [2.75, 3.05) is 24.3 Å². The van der Waals surface area contributed by atoms with E-state index in [1.807, 2.05) is 6.26 Å². The lowest BCUT2D eigenvalue weighted by Gasteiger charge is -2.22. The van der Waals surface area contributed by atoms with E-state index in [1.165, 1.54) is 30.0 Å². The predicted octanol–water partition coefficient (Wildman–Crippen LogP) is 1.42. The zero-order chi connectivity index (χ0) is 14.7. The summed E-state index contributed by atoms with van der Waals surface area (Å²) >= 11 is 4.63. The van der Waals surface area contributed by atoms with E-state index in [4.69, 9.17) is 5.73 Å². The van der Waals surface area contributed by atoms with Gasteiger partial charge in [0.05, 0.1) is 10.5 Å². The standard InChI is InChI=1S/C11H17BrN2O3S2/c1-11(15,7-18-2)6-14-19(16,17)8-3-4-10(13)9(12)5-8/h3-5,14-15H,6-7,13H2,1-2H3. The second kappa shape index (κ2) is 6.45. The molecule has 108 valence electrons. The summed E-state index contributed by atoms with van der Waals surface area (Å²) in [7, 11) is -3.66. The van der Waals surface area contributed by atoms with Crippen LogP contribution in [0.4, 0.5) is 5.69 Å². The number of halogens is 1. The van der Waals surface area contributed by atoms with E-state index in [0.717, 1.165) is 0 Å². The van der Waals surface area contributed by atoms with Crippen molar-refractivity contribution in [1.29, 1.82) is 0 Å². The van der Waals surface area contributed by atoms with Crippen LogP contribution in [0.5, 0.6) is 0 Å². The van der Waals surface area contributed by atoms with Gasteiger partial charge in [-0.3, -0.25) is 0 Å². The zero-order valence-electron chi connectivity index (χ0n) is 10.7. The van der Waals surface area contributed by atoms with E-state index in [2.05, 4.69) is 20.7 Å². The Bertz CT molecular complexity index is 547. The van der Waals surface area contributed by atoms with Gasteiger partial charge in [-0.1, -0.05) is 0 Å². The molecule has 0 aliphatic carbocycles. The molecule has 1 aromatic carbocycles. The summed E-state index contributed by atoms with van der Waals surface area (Å²) in [6, 6.07) is 4.37. The fourth-order valence-corrected chi connectivity index (χ4v) is 3.81. The molecule has 0 saturated heterocycles. The highest BCUT2D eigenvalue weighted by Gasteiger charge is 2.24. The van der Waals surface area contributed by atoms with Crippen molar-refractivity contribution in [3.8, 4) is 0 Å². The van der Waals surface area contributed by atoms with Crippen LogP contribution in [0, 0.1) is 0 Å². The van der Waals surface area contributed by atoms with Crippen molar-refractivity contribution in [2.45, 2.75) is 17.4 Å². The van der Waals surface area contributed by atoms with E-state index in [0.29, 0.717) is 15.9 Å². The fourth-order valence-electron chi connectivity index (χ4n) is 1.37. The number of anilines is 1. The Hall–Kier alpha value is -0.280. The van der Waals surface area contributed by atoms with E-state index >= 15 is 0 Å². The van der Waals surface area contributed by atoms with Gasteiger partial charge in [-0.2, -0.15) is 11.8 Å². The number of sulfonamides is 1. The van der Waals surface area contributed by atoms with Crippen molar-refractivity contribution in [1.82, 2.24) is 4.72 Å². The Morgan fingerprint density at radius 2 is 2.16 bits per heavy atom. The summed E-state index contributed by atoms with van der Waals surface area (Å²) < 4.78 is 27.0. The van der Waals surface area contributed by atoms with E-state index in [9.17, 15) is 13.5 Å². The average Bonchev–Trinajstić information content (AvgIpc) is 2.30. The number of aliphatic hydroxyl groups is 1. The number of benzene rings is 1. The molecule has 5 nitrogen and oxygen atoms in total. The van der Waals surface area contributed by atoms with Gasteiger partial charge in [0.15, 0.2) is 0 Å². The zero-order valence-corrected chi connectivity index (χ0v) is 13.9. The van der Waals surface area contributed by atoms with Gasteiger partial charge in [0.2, 0.25) is 10.0 Å². The van der Waals surface area contributed by atoms with Gasteiger partial charge in [-0.05, 0) is 47.3 Å². The largest absolute Gasteiger partial charge is 0.398 e. The lowest BCUT2D eigenvalue weighted by Crippen LogP contribution is -2.42. The highest BCUT2D eigenvalue weighted by molar-refractivity contribution is 9.10. The van der Waals surface area contributed by atoms with E-state index in [1.54, 1.807) is 6.92 Å². The Morgan fingerprint density at radius 3 is 2.68 bits per heavy atom. The first-order chi connectivity index (χ1) is 8.68. The van der Waals surface area contributed by atoms with Crippen molar-refractivity contribution in [3.63, 3.8) is 0 Å². The molecule has 0 aliphatic heterocycles. The van der Waals surface area contributed by atoms with Gasteiger partial charge in [0.1, 0.15) is 0 Å². The van der Waals surface area contributed by atoms with Crippen molar-refractivity contribution >= 4 is 43.4 Å². The molecule has 0 fully saturated rings. The SMILES string of the molecule is CSCC(C)(O)CNS(=O)(=O)c1ccc(N)c(Br)c1. The molecular formula is C11H17BrN2O3S2. The van der Waals surface area contributed by atoms with Gasteiger partial charge < -0.3 is 10.8 Å². The first-order valence-electron chi connectivity index (χ1n) is 5.44. The van der Waals surface area contributed by atoms with E-state index < -0.39 is 15.6 Å². The molecule has 0 aromatic heterocycles. The number of nitrogens with two attached hydrogens (primary N) is 1. The topological polar surface area (TPSA) is 92.4 Å². The number of thioether (sulfide) groups is 1. The van der Waals surface area contributed by atoms with Crippen molar-refractivity contribution in [2.24, 2.45) is 0 Å². The van der Waals surface area contributed by atoms with Crippen LogP contribution in [0.15, 0.2) is 27.6 Å². The first kappa shape index (κ1) is 16.8. The lowest BCUT2D eigenvalue weighted by atomic mass is 10.1. The predicted molar refractivity (Wildman–Crippen MR) is 82.7 cm³/mol. The Morgan fingerprint density at radius 1 is 1.53 bits per heavy atom. The third kappa shape index (κ3) is 4.96. The third-order valence-electron chi connectivity index (χ3n) is 2.38. The van der Waals surface area contributed by atoms with Crippen LogP contribution in [-0.2, 0) is 10.0 Å². The molecule has 8 heteroatoms. The molecule has 0 aliphatic rings. The highest BCUT2D eigenvalue weighted by Crippen LogP contribution is 2.23. The van der Waals surface area contributed by atoms with E-state index in [-0.39, 0.29) is 11.4 Å². The molecule has 0 radical (unpaired) electrons. The van der Waals surface area contributed by atoms with Crippen molar-refractivity contribution in [3.05, 3.63) is 22.7 Å². The molecule has 1 rings (SSSR count). The van der Waals surface area contributed by atoms with Gasteiger partial charge in [-0.25, -0.2) is 13.1 Å². The minimum atomic E-state index is -3.66. The maximum atomic E-state index is 12.1. The summed E-state index contributed by atoms with van der Waals surface area (Å²) in [5, 5.41) is 9.95. The van der Waals surface area contributed by atoms with Crippen LogP contribution >= 0.6 is 27.7 Å². The molecule has 4 N–H and O–H groups in total. The molecular weight excluding hydrogens is 352 g/mol. The Labute approximate surface area is 126 Å². The molecule has 0 spiro atoms. The summed E-state index contributed by atoms with van der Waals surface area (Å²) in [5.41, 5.74) is 4.99. The van der Waals surface area contributed by atoms with Crippen molar-refractivity contribution < 1.29 is 13.5 Å². The van der Waals surface area contributed by atoms with Gasteiger partial charge in [0, 0.05) is 22.5 Å².